The molecule has 2 aliphatic carbocycles. The van der Waals surface area contributed by atoms with Gasteiger partial charge in [-0.1, -0.05) is 30.7 Å². The molecule has 1 aliphatic heterocycles. The van der Waals surface area contributed by atoms with Gasteiger partial charge in [-0.05, 0) is 61.6 Å². The number of nitrogens with one attached hydrogen (secondary N) is 2. The van der Waals surface area contributed by atoms with Crippen molar-refractivity contribution in [3.05, 3.63) is 52.8 Å². The fourth-order valence-electron chi connectivity index (χ4n) is 4.84. The van der Waals surface area contributed by atoms with E-state index in [1.807, 2.05) is 12.3 Å². The summed E-state index contributed by atoms with van der Waals surface area (Å²) in [4.78, 5) is 12.9. The molecule has 0 spiro atoms. The molecule has 6 nitrogen and oxygen atoms in total. The number of nitrogens with zero attached hydrogens (tertiary/aromatic N) is 2. The van der Waals surface area contributed by atoms with Gasteiger partial charge in [0.05, 0.1) is 17.8 Å². The van der Waals surface area contributed by atoms with Gasteiger partial charge in [0.2, 0.25) is 0 Å². The van der Waals surface area contributed by atoms with Crippen LogP contribution in [0.5, 0.6) is 0 Å². The zero-order valence-electron chi connectivity index (χ0n) is 17.2. The van der Waals surface area contributed by atoms with E-state index in [9.17, 15) is 4.79 Å². The van der Waals surface area contributed by atoms with E-state index in [0.717, 1.165) is 31.0 Å². The molecule has 0 bridgehead atoms. The van der Waals surface area contributed by atoms with E-state index in [1.165, 1.54) is 29.5 Å². The highest BCUT2D eigenvalue weighted by atomic mass is 16.5. The molecule has 1 saturated heterocycles. The summed E-state index contributed by atoms with van der Waals surface area (Å²) in [7, 11) is 0. The van der Waals surface area contributed by atoms with Gasteiger partial charge in [0, 0.05) is 19.3 Å². The third kappa shape index (κ3) is 3.78. The summed E-state index contributed by atoms with van der Waals surface area (Å²) < 4.78 is 8.08. The number of ether oxygens (including phenoxy) is 1. The fraction of sp³-hybridized carbons (Fsp3) is 0.565. The number of carbonyl (C=O) groups is 1. The number of fused-ring (bicyclic) bond motifs is 1. The molecule has 2 aromatic rings. The molecule has 2 amide bonds. The quantitative estimate of drug-likeness (QED) is 0.813. The molecule has 29 heavy (non-hydrogen) atoms. The molecule has 1 aromatic carbocycles. The molecular weight excluding hydrogens is 364 g/mol. The highest BCUT2D eigenvalue weighted by molar-refractivity contribution is 5.75. The summed E-state index contributed by atoms with van der Waals surface area (Å²) in [5.74, 6) is 1.14. The molecule has 2 heterocycles. The number of aromatic nitrogens is 2. The third-order valence-electron chi connectivity index (χ3n) is 6.61. The van der Waals surface area contributed by atoms with Crippen LogP contribution in [0.1, 0.15) is 60.7 Å². The second kappa shape index (κ2) is 7.48. The zero-order valence-corrected chi connectivity index (χ0v) is 17.2. The van der Waals surface area contributed by atoms with Crippen molar-refractivity contribution in [2.24, 2.45) is 11.8 Å². The van der Waals surface area contributed by atoms with Crippen LogP contribution >= 0.6 is 0 Å². The fourth-order valence-corrected chi connectivity index (χ4v) is 4.84. The number of hydrogen-bond acceptors (Lipinski definition) is 3. The van der Waals surface area contributed by atoms with E-state index >= 15 is 0 Å². The van der Waals surface area contributed by atoms with Gasteiger partial charge in [0.1, 0.15) is 6.10 Å². The van der Waals surface area contributed by atoms with Gasteiger partial charge in [0.15, 0.2) is 0 Å². The monoisotopic (exact) mass is 394 g/mol. The second-order valence-corrected chi connectivity index (χ2v) is 9.05. The Morgan fingerprint density at radius 1 is 1.24 bits per heavy atom. The van der Waals surface area contributed by atoms with Gasteiger partial charge in [-0.3, -0.25) is 4.68 Å². The number of carbonyl (C=O) groups excluding carboxylic acids is 1. The van der Waals surface area contributed by atoms with Crippen LogP contribution in [0.4, 0.5) is 4.79 Å². The third-order valence-corrected chi connectivity index (χ3v) is 6.61. The van der Waals surface area contributed by atoms with Crippen LogP contribution in [0, 0.1) is 18.8 Å². The van der Waals surface area contributed by atoms with E-state index in [2.05, 4.69) is 52.5 Å². The van der Waals surface area contributed by atoms with Gasteiger partial charge < -0.3 is 15.4 Å². The zero-order chi connectivity index (χ0) is 20.0. The van der Waals surface area contributed by atoms with Crippen molar-refractivity contribution in [1.29, 1.82) is 0 Å². The Balaban J connectivity index is 1.26. The Morgan fingerprint density at radius 3 is 2.93 bits per heavy atom. The second-order valence-electron chi connectivity index (χ2n) is 9.05. The minimum absolute atomic E-state index is 0.0293. The Labute approximate surface area is 172 Å². The van der Waals surface area contributed by atoms with Gasteiger partial charge in [-0.25, -0.2) is 4.79 Å². The molecule has 1 saturated carbocycles. The van der Waals surface area contributed by atoms with E-state index < -0.39 is 0 Å². The largest absolute Gasteiger partial charge is 0.370 e. The molecule has 4 atom stereocenters. The summed E-state index contributed by atoms with van der Waals surface area (Å²) >= 11 is 0. The van der Waals surface area contributed by atoms with E-state index in [0.29, 0.717) is 12.5 Å². The van der Waals surface area contributed by atoms with Gasteiger partial charge in [0.25, 0.3) is 0 Å². The van der Waals surface area contributed by atoms with E-state index in [1.54, 1.807) is 0 Å². The number of urea groups is 1. The lowest BCUT2D eigenvalue weighted by Gasteiger charge is -2.24. The number of aryl methyl sites for hydroxylation is 1. The number of rotatable bonds is 5. The van der Waals surface area contributed by atoms with Crippen LogP contribution < -0.4 is 10.6 Å². The molecule has 0 radical (unpaired) electrons. The molecule has 2 fully saturated rings. The molecule has 0 unspecified atom stereocenters. The Kier molecular flexibility index (Phi) is 4.82. The van der Waals surface area contributed by atoms with Gasteiger partial charge in [-0.2, -0.15) is 5.10 Å². The van der Waals surface area contributed by atoms with Crippen LogP contribution in [-0.4, -0.2) is 28.5 Å². The van der Waals surface area contributed by atoms with Crippen molar-refractivity contribution in [3.63, 3.8) is 0 Å². The topological polar surface area (TPSA) is 68.2 Å². The maximum atomic E-state index is 12.9. The number of hydrogen-bond donors (Lipinski definition) is 2. The number of benzene rings is 1. The SMILES string of the molecule is Cc1ccc2c(c1)[C@@H](NC(=O)N[C@@H]1CCO[C@H]1c1ccnn1CC1CC1)[C@H](C)C2. The first-order chi connectivity index (χ1) is 14.1. The summed E-state index contributed by atoms with van der Waals surface area (Å²) in [6, 6.07) is 8.52. The molecule has 1 aromatic heterocycles. The van der Waals surface area contributed by atoms with Gasteiger partial charge in [-0.15, -0.1) is 0 Å². The van der Waals surface area contributed by atoms with E-state index in [-0.39, 0.29) is 24.2 Å². The first kappa shape index (κ1) is 18.7. The highest BCUT2D eigenvalue weighted by Gasteiger charge is 2.36. The van der Waals surface area contributed by atoms with Crippen LogP contribution in [0.25, 0.3) is 0 Å². The van der Waals surface area contributed by atoms with E-state index in [4.69, 9.17) is 4.74 Å². The Bertz CT molecular complexity index is 904. The summed E-state index contributed by atoms with van der Waals surface area (Å²) in [5.41, 5.74) is 4.92. The molecule has 3 aliphatic rings. The van der Waals surface area contributed by atoms with Gasteiger partial charge >= 0.3 is 6.03 Å². The summed E-state index contributed by atoms with van der Waals surface area (Å²) in [6.07, 6.45) is 6.12. The first-order valence-corrected chi connectivity index (χ1v) is 10.9. The summed E-state index contributed by atoms with van der Waals surface area (Å²) in [6.45, 7) is 5.92. The highest BCUT2D eigenvalue weighted by Crippen LogP contribution is 2.37. The Morgan fingerprint density at radius 2 is 2.10 bits per heavy atom. The summed E-state index contributed by atoms with van der Waals surface area (Å²) in [5, 5.41) is 10.9. The molecular formula is C23H30N4O2. The lowest BCUT2D eigenvalue weighted by Crippen LogP contribution is -2.45. The maximum Gasteiger partial charge on any atom is 0.315 e. The minimum Gasteiger partial charge on any atom is -0.370 e. The average Bonchev–Trinajstić information content (AvgIpc) is 3.06. The average molecular weight is 395 g/mol. The predicted octanol–water partition coefficient (Wildman–Crippen LogP) is 3.66. The van der Waals surface area contributed by atoms with Crippen molar-refractivity contribution >= 4 is 6.03 Å². The maximum absolute atomic E-state index is 12.9. The Hall–Kier alpha value is -2.34. The van der Waals surface area contributed by atoms with Crippen LogP contribution in [0.2, 0.25) is 0 Å². The first-order valence-electron chi connectivity index (χ1n) is 10.9. The molecule has 2 N–H and O–H groups in total. The number of amides is 2. The van der Waals surface area contributed by atoms with Crippen molar-refractivity contribution in [1.82, 2.24) is 20.4 Å². The lowest BCUT2D eigenvalue weighted by atomic mass is 10.0. The van der Waals surface area contributed by atoms with Crippen molar-refractivity contribution in [3.8, 4) is 0 Å². The van der Waals surface area contributed by atoms with Crippen molar-refractivity contribution < 1.29 is 9.53 Å². The smallest absolute Gasteiger partial charge is 0.315 e. The normalized spacial score (nSPS) is 28.3. The lowest BCUT2D eigenvalue weighted by molar-refractivity contribution is 0.0920. The van der Waals surface area contributed by atoms with Crippen LogP contribution in [0.3, 0.4) is 0 Å². The van der Waals surface area contributed by atoms with Crippen LogP contribution in [-0.2, 0) is 17.7 Å². The van der Waals surface area contributed by atoms with Crippen molar-refractivity contribution in [2.45, 2.75) is 64.3 Å². The standard InChI is InChI=1S/C23H30N4O2/c1-14-3-6-17-12-15(2)21(18(17)11-14)26-23(28)25-19-8-10-29-22(19)20-7-9-24-27(20)13-16-4-5-16/h3,6-7,9,11,15-16,19,21-22H,4-5,8,10,12-13H2,1-2H3,(H2,25,26,28)/t15-,19-,21+,22-/m1/s1. The molecule has 6 heteroatoms. The predicted molar refractivity (Wildman–Crippen MR) is 111 cm³/mol. The molecule has 5 rings (SSSR count). The molecule has 154 valence electrons. The van der Waals surface area contributed by atoms with Crippen molar-refractivity contribution in [2.75, 3.05) is 6.61 Å². The van der Waals surface area contributed by atoms with Crippen LogP contribution in [0.15, 0.2) is 30.5 Å². The minimum atomic E-state index is -0.127.